The van der Waals surface area contributed by atoms with Gasteiger partial charge in [-0.25, -0.2) is 8.42 Å². The summed E-state index contributed by atoms with van der Waals surface area (Å²) in [6.45, 7) is 0. The zero-order chi connectivity index (χ0) is 12.5. The summed E-state index contributed by atoms with van der Waals surface area (Å²) >= 11 is 0. The van der Waals surface area contributed by atoms with Crippen LogP contribution in [0.1, 0.15) is 32.1 Å². The number of nitrogens with zero attached hydrogens (tertiary/aromatic N) is 1. The van der Waals surface area contributed by atoms with E-state index >= 15 is 0 Å². The van der Waals surface area contributed by atoms with E-state index in [1.807, 2.05) is 0 Å². The van der Waals surface area contributed by atoms with E-state index in [9.17, 15) is 8.42 Å². The first kappa shape index (κ1) is 12.2. The van der Waals surface area contributed by atoms with Gasteiger partial charge in [-0.2, -0.15) is 0 Å². The standard InChI is InChI=1S/C10H17N3O3S/c1-17(14,15)8-9(11)16-13-10(8)12-7-5-3-2-4-6-7/h7H,2-6,11H2,1H3,(H,12,13). The van der Waals surface area contributed by atoms with Crippen molar-refractivity contribution in [2.45, 2.75) is 43.0 Å². The van der Waals surface area contributed by atoms with Crippen molar-refractivity contribution in [1.82, 2.24) is 5.16 Å². The van der Waals surface area contributed by atoms with Crippen molar-refractivity contribution in [3.8, 4) is 0 Å². The van der Waals surface area contributed by atoms with Crippen molar-refractivity contribution in [2.24, 2.45) is 0 Å². The molecule has 0 saturated heterocycles. The maximum absolute atomic E-state index is 11.6. The van der Waals surface area contributed by atoms with Gasteiger partial charge in [-0.05, 0) is 12.8 Å². The third kappa shape index (κ3) is 2.71. The highest BCUT2D eigenvalue weighted by Crippen LogP contribution is 2.29. The quantitative estimate of drug-likeness (QED) is 0.851. The van der Waals surface area contributed by atoms with Crippen LogP contribution in [-0.4, -0.2) is 25.9 Å². The Kier molecular flexibility index (Phi) is 3.28. The maximum Gasteiger partial charge on any atom is 0.243 e. The lowest BCUT2D eigenvalue weighted by atomic mass is 9.95. The Balaban J connectivity index is 2.21. The molecule has 0 amide bonds. The first-order valence-corrected chi connectivity index (χ1v) is 7.59. The largest absolute Gasteiger partial charge is 0.366 e. The molecule has 0 aliphatic heterocycles. The highest BCUT2D eigenvalue weighted by molar-refractivity contribution is 7.91. The van der Waals surface area contributed by atoms with Crippen LogP contribution in [0.4, 0.5) is 11.7 Å². The number of nitrogens with one attached hydrogen (secondary N) is 1. The number of aromatic nitrogens is 1. The molecule has 1 saturated carbocycles. The number of nitrogen functional groups attached to an aromatic ring is 1. The van der Waals surface area contributed by atoms with E-state index in [4.69, 9.17) is 10.3 Å². The molecule has 1 fully saturated rings. The molecule has 1 aliphatic carbocycles. The fraction of sp³-hybridized carbons (Fsp3) is 0.700. The molecule has 0 bridgehead atoms. The van der Waals surface area contributed by atoms with Crippen LogP contribution in [0, 0.1) is 0 Å². The Morgan fingerprint density at radius 2 is 2.00 bits per heavy atom. The highest BCUT2D eigenvalue weighted by atomic mass is 32.2. The lowest BCUT2D eigenvalue weighted by molar-refractivity contribution is 0.429. The molecule has 0 atom stereocenters. The third-order valence-corrected chi connectivity index (χ3v) is 4.13. The molecule has 0 radical (unpaired) electrons. The smallest absolute Gasteiger partial charge is 0.243 e. The van der Waals surface area contributed by atoms with Crippen LogP contribution in [0.2, 0.25) is 0 Å². The number of nitrogens with two attached hydrogens (primary N) is 1. The molecule has 0 spiro atoms. The van der Waals surface area contributed by atoms with Crippen molar-refractivity contribution in [3.05, 3.63) is 0 Å². The summed E-state index contributed by atoms with van der Waals surface area (Å²) < 4.78 is 27.9. The number of hydrogen-bond donors (Lipinski definition) is 2. The van der Waals surface area contributed by atoms with Crippen molar-refractivity contribution in [3.63, 3.8) is 0 Å². The average Bonchev–Trinajstić information content (AvgIpc) is 2.60. The van der Waals surface area contributed by atoms with Crippen LogP contribution >= 0.6 is 0 Å². The van der Waals surface area contributed by atoms with Gasteiger partial charge in [0.25, 0.3) is 0 Å². The Bertz CT molecular complexity index is 489. The third-order valence-electron chi connectivity index (χ3n) is 2.99. The SMILES string of the molecule is CS(=O)(=O)c1c(NC2CCCCC2)noc1N. The molecule has 1 aromatic rings. The molecule has 7 heteroatoms. The molecule has 3 N–H and O–H groups in total. The van der Waals surface area contributed by atoms with E-state index in [-0.39, 0.29) is 22.6 Å². The van der Waals surface area contributed by atoms with E-state index < -0.39 is 9.84 Å². The molecular formula is C10H17N3O3S. The fourth-order valence-electron chi connectivity index (χ4n) is 2.18. The predicted octanol–water partition coefficient (Wildman–Crippen LogP) is 1.40. The topological polar surface area (TPSA) is 98.2 Å². The van der Waals surface area contributed by atoms with Gasteiger partial charge in [-0.1, -0.05) is 24.4 Å². The fourth-order valence-corrected chi connectivity index (χ4v) is 3.04. The van der Waals surface area contributed by atoms with Crippen LogP contribution in [0.15, 0.2) is 9.42 Å². The molecule has 6 nitrogen and oxygen atoms in total. The molecule has 0 unspecified atom stereocenters. The summed E-state index contributed by atoms with van der Waals surface area (Å²) in [7, 11) is -3.42. The van der Waals surface area contributed by atoms with Gasteiger partial charge in [0.1, 0.15) is 0 Å². The Hall–Kier alpha value is -1.24. The molecule has 0 aromatic carbocycles. The zero-order valence-electron chi connectivity index (χ0n) is 9.77. The normalized spacial score (nSPS) is 18.2. The summed E-state index contributed by atoms with van der Waals surface area (Å²) in [6, 6.07) is 0.258. The minimum atomic E-state index is -3.42. The summed E-state index contributed by atoms with van der Waals surface area (Å²) in [5, 5.41) is 6.80. The summed E-state index contributed by atoms with van der Waals surface area (Å²) in [4.78, 5) is -0.0249. The van der Waals surface area contributed by atoms with Gasteiger partial charge < -0.3 is 15.6 Å². The molecule has 1 aliphatic rings. The number of rotatable bonds is 3. The number of anilines is 2. The number of hydrogen-bond acceptors (Lipinski definition) is 6. The van der Waals surface area contributed by atoms with Gasteiger partial charge in [0.05, 0.1) is 0 Å². The second-order valence-electron chi connectivity index (χ2n) is 4.48. The van der Waals surface area contributed by atoms with E-state index in [0.29, 0.717) is 0 Å². The minimum Gasteiger partial charge on any atom is -0.366 e. The predicted molar refractivity (Wildman–Crippen MR) is 64.5 cm³/mol. The highest BCUT2D eigenvalue weighted by Gasteiger charge is 2.25. The molecule has 1 heterocycles. The van der Waals surface area contributed by atoms with E-state index in [1.165, 1.54) is 6.42 Å². The van der Waals surface area contributed by atoms with Crippen LogP contribution in [0.3, 0.4) is 0 Å². The maximum atomic E-state index is 11.6. The second-order valence-corrected chi connectivity index (χ2v) is 6.43. The zero-order valence-corrected chi connectivity index (χ0v) is 10.6. The second kappa shape index (κ2) is 4.56. The Morgan fingerprint density at radius 1 is 1.35 bits per heavy atom. The molecule has 17 heavy (non-hydrogen) atoms. The average molecular weight is 259 g/mol. The van der Waals surface area contributed by atoms with Crippen LogP contribution in [-0.2, 0) is 9.84 Å². The van der Waals surface area contributed by atoms with Crippen LogP contribution < -0.4 is 11.1 Å². The Morgan fingerprint density at radius 3 is 2.59 bits per heavy atom. The monoisotopic (exact) mass is 259 g/mol. The summed E-state index contributed by atoms with van der Waals surface area (Å²) in [5.41, 5.74) is 5.48. The van der Waals surface area contributed by atoms with Crippen LogP contribution in [0.25, 0.3) is 0 Å². The van der Waals surface area contributed by atoms with Crippen molar-refractivity contribution >= 4 is 21.5 Å². The van der Waals surface area contributed by atoms with E-state index in [0.717, 1.165) is 31.9 Å². The van der Waals surface area contributed by atoms with Gasteiger partial charge in [-0.3, -0.25) is 0 Å². The lowest BCUT2D eigenvalue weighted by Crippen LogP contribution is -2.23. The molecule has 96 valence electrons. The van der Waals surface area contributed by atoms with Gasteiger partial charge >= 0.3 is 0 Å². The van der Waals surface area contributed by atoms with Gasteiger partial charge in [0, 0.05) is 12.3 Å². The lowest BCUT2D eigenvalue weighted by Gasteiger charge is -2.22. The van der Waals surface area contributed by atoms with Crippen LogP contribution in [0.5, 0.6) is 0 Å². The van der Waals surface area contributed by atoms with E-state index in [1.54, 1.807) is 0 Å². The van der Waals surface area contributed by atoms with Gasteiger partial charge in [0.2, 0.25) is 5.88 Å². The first-order chi connectivity index (χ1) is 7.98. The molecule has 2 rings (SSSR count). The van der Waals surface area contributed by atoms with Crippen molar-refractivity contribution < 1.29 is 12.9 Å². The summed E-state index contributed by atoms with van der Waals surface area (Å²) in [5.74, 6) is 0.0997. The van der Waals surface area contributed by atoms with Gasteiger partial charge in [-0.15, -0.1) is 0 Å². The summed E-state index contributed by atoms with van der Waals surface area (Å²) in [6.07, 6.45) is 6.68. The van der Waals surface area contributed by atoms with Crippen molar-refractivity contribution in [2.75, 3.05) is 17.3 Å². The molecular weight excluding hydrogens is 242 g/mol. The van der Waals surface area contributed by atoms with Crippen molar-refractivity contribution in [1.29, 1.82) is 0 Å². The molecule has 1 aromatic heterocycles. The Labute approximate surface area is 100 Å². The van der Waals surface area contributed by atoms with Gasteiger partial charge in [0.15, 0.2) is 20.6 Å². The van der Waals surface area contributed by atoms with E-state index in [2.05, 4.69) is 10.5 Å². The first-order valence-electron chi connectivity index (χ1n) is 5.70. The minimum absolute atomic E-state index is 0.0249. The number of sulfone groups is 1.